The van der Waals surface area contributed by atoms with E-state index in [0.717, 1.165) is 30.4 Å². The lowest BCUT2D eigenvalue weighted by molar-refractivity contribution is 0.140. The van der Waals surface area contributed by atoms with E-state index in [-0.39, 0.29) is 18.1 Å². The molecule has 5 nitrogen and oxygen atoms in total. The lowest BCUT2D eigenvalue weighted by Gasteiger charge is -2.34. The predicted octanol–water partition coefficient (Wildman–Crippen LogP) is 1.82. The minimum absolute atomic E-state index is 0.171. The van der Waals surface area contributed by atoms with Crippen LogP contribution in [0.5, 0.6) is 0 Å². The molecule has 1 saturated carbocycles. The summed E-state index contributed by atoms with van der Waals surface area (Å²) >= 11 is 0. The van der Waals surface area contributed by atoms with Gasteiger partial charge in [-0.1, -0.05) is 24.3 Å². The number of nitrogens with one attached hydrogen (secondary N) is 2. The first-order chi connectivity index (χ1) is 11.0. The molecule has 0 radical (unpaired) electrons. The van der Waals surface area contributed by atoms with Crippen molar-refractivity contribution in [2.45, 2.75) is 56.3 Å². The molecule has 0 bridgehead atoms. The van der Waals surface area contributed by atoms with Gasteiger partial charge in [-0.05, 0) is 50.9 Å². The molecule has 2 amide bonds. The second-order valence-corrected chi connectivity index (χ2v) is 7.05. The van der Waals surface area contributed by atoms with Gasteiger partial charge in [0.25, 0.3) is 0 Å². The van der Waals surface area contributed by atoms with E-state index in [2.05, 4.69) is 29.6 Å². The van der Waals surface area contributed by atoms with E-state index in [0.29, 0.717) is 12.5 Å². The lowest BCUT2D eigenvalue weighted by Crippen LogP contribution is -2.48. The fourth-order valence-electron chi connectivity index (χ4n) is 3.88. The lowest BCUT2D eigenvalue weighted by atomic mass is 9.90. The van der Waals surface area contributed by atoms with Gasteiger partial charge >= 0.3 is 6.03 Å². The van der Waals surface area contributed by atoms with Crippen LogP contribution in [-0.2, 0) is 6.42 Å². The number of nitrogens with zero attached hydrogens (tertiary/aromatic N) is 1. The van der Waals surface area contributed by atoms with Crippen LogP contribution in [0.25, 0.3) is 0 Å². The highest BCUT2D eigenvalue weighted by molar-refractivity contribution is 5.75. The average molecular weight is 317 g/mol. The molecule has 2 aliphatic carbocycles. The standard InChI is InChI=1S/C18H27N3O2/c1-21(2)14-8-5-7-13(11-14)19-18(23)20-17-15-9-4-3-6-12(15)10-16(17)22/h3-4,6,9,13-14,16-17,22H,5,7-8,10-11H2,1-2H3,(H2,19,20,23). The van der Waals surface area contributed by atoms with Crippen molar-refractivity contribution in [3.8, 4) is 0 Å². The van der Waals surface area contributed by atoms with Gasteiger partial charge in [-0.2, -0.15) is 0 Å². The Balaban J connectivity index is 1.57. The molecule has 0 aliphatic heterocycles. The van der Waals surface area contributed by atoms with Crippen molar-refractivity contribution in [1.82, 2.24) is 15.5 Å². The number of hydrogen-bond donors (Lipinski definition) is 3. The third-order valence-electron chi connectivity index (χ3n) is 5.20. The van der Waals surface area contributed by atoms with Gasteiger partial charge < -0.3 is 20.6 Å². The summed E-state index contributed by atoms with van der Waals surface area (Å²) in [6.45, 7) is 0. The Bertz CT molecular complexity index is 561. The predicted molar refractivity (Wildman–Crippen MR) is 90.3 cm³/mol. The quantitative estimate of drug-likeness (QED) is 0.797. The molecule has 1 aromatic rings. The Labute approximate surface area is 138 Å². The van der Waals surface area contributed by atoms with Crippen LogP contribution in [0.15, 0.2) is 24.3 Å². The molecule has 2 aliphatic rings. The van der Waals surface area contributed by atoms with Crippen LogP contribution in [0.3, 0.4) is 0 Å². The first-order valence-corrected chi connectivity index (χ1v) is 8.54. The third-order valence-corrected chi connectivity index (χ3v) is 5.20. The minimum atomic E-state index is -0.543. The summed E-state index contributed by atoms with van der Waals surface area (Å²) in [6, 6.07) is 8.19. The molecule has 1 aromatic carbocycles. The minimum Gasteiger partial charge on any atom is -0.390 e. The molecule has 3 rings (SSSR count). The van der Waals surface area contributed by atoms with E-state index in [1.165, 1.54) is 6.42 Å². The molecule has 23 heavy (non-hydrogen) atoms. The van der Waals surface area contributed by atoms with Gasteiger partial charge in [0.05, 0.1) is 12.1 Å². The number of hydrogen-bond acceptors (Lipinski definition) is 3. The second kappa shape index (κ2) is 6.89. The number of aliphatic hydroxyl groups is 1. The summed E-state index contributed by atoms with van der Waals surface area (Å²) in [5.74, 6) is 0. The Kier molecular flexibility index (Phi) is 4.87. The molecule has 0 saturated heterocycles. The van der Waals surface area contributed by atoms with E-state index in [1.807, 2.05) is 24.3 Å². The first kappa shape index (κ1) is 16.3. The van der Waals surface area contributed by atoms with E-state index >= 15 is 0 Å². The molecular weight excluding hydrogens is 290 g/mol. The van der Waals surface area contributed by atoms with Crippen LogP contribution >= 0.6 is 0 Å². The molecule has 126 valence electrons. The van der Waals surface area contributed by atoms with Gasteiger partial charge in [0.1, 0.15) is 0 Å². The van der Waals surface area contributed by atoms with E-state index in [4.69, 9.17) is 0 Å². The fraction of sp³-hybridized carbons (Fsp3) is 0.611. The normalized spacial score (nSPS) is 30.1. The first-order valence-electron chi connectivity index (χ1n) is 8.54. The largest absolute Gasteiger partial charge is 0.390 e. The second-order valence-electron chi connectivity index (χ2n) is 7.05. The number of carbonyl (C=O) groups excluding carboxylic acids is 1. The van der Waals surface area contributed by atoms with Crippen LogP contribution in [0, 0.1) is 0 Å². The topological polar surface area (TPSA) is 64.6 Å². The van der Waals surface area contributed by atoms with Crippen molar-refractivity contribution < 1.29 is 9.90 Å². The highest BCUT2D eigenvalue weighted by Crippen LogP contribution is 2.31. The molecule has 0 aromatic heterocycles. The molecular formula is C18H27N3O2. The average Bonchev–Trinajstić information content (AvgIpc) is 2.83. The Morgan fingerprint density at radius 2 is 2.00 bits per heavy atom. The highest BCUT2D eigenvalue weighted by atomic mass is 16.3. The number of urea groups is 1. The van der Waals surface area contributed by atoms with E-state index in [9.17, 15) is 9.90 Å². The SMILES string of the molecule is CN(C)C1CCCC(NC(=O)NC2c3ccccc3CC2O)C1. The molecule has 0 spiro atoms. The van der Waals surface area contributed by atoms with Crippen LogP contribution < -0.4 is 10.6 Å². The zero-order valence-electron chi connectivity index (χ0n) is 14.0. The molecule has 1 fully saturated rings. The third kappa shape index (κ3) is 3.67. The molecule has 3 N–H and O–H groups in total. The van der Waals surface area contributed by atoms with Crippen molar-refractivity contribution in [2.24, 2.45) is 0 Å². The van der Waals surface area contributed by atoms with Gasteiger partial charge in [0.2, 0.25) is 0 Å². The van der Waals surface area contributed by atoms with Crippen LogP contribution in [0.4, 0.5) is 4.79 Å². The van der Waals surface area contributed by atoms with Gasteiger partial charge in [0.15, 0.2) is 0 Å². The molecule has 4 atom stereocenters. The maximum Gasteiger partial charge on any atom is 0.315 e. The molecule has 0 heterocycles. The van der Waals surface area contributed by atoms with Gasteiger partial charge in [-0.15, -0.1) is 0 Å². The van der Waals surface area contributed by atoms with E-state index < -0.39 is 6.10 Å². The van der Waals surface area contributed by atoms with Crippen molar-refractivity contribution >= 4 is 6.03 Å². The van der Waals surface area contributed by atoms with Crippen LogP contribution in [0.2, 0.25) is 0 Å². The van der Waals surface area contributed by atoms with Crippen LogP contribution in [-0.4, -0.2) is 48.3 Å². The van der Waals surface area contributed by atoms with Gasteiger partial charge in [-0.3, -0.25) is 0 Å². The zero-order chi connectivity index (χ0) is 16.4. The van der Waals surface area contributed by atoms with Crippen molar-refractivity contribution in [3.63, 3.8) is 0 Å². The number of rotatable bonds is 3. The summed E-state index contributed by atoms with van der Waals surface area (Å²) < 4.78 is 0. The van der Waals surface area contributed by atoms with Gasteiger partial charge in [0, 0.05) is 18.5 Å². The fourth-order valence-corrected chi connectivity index (χ4v) is 3.88. The highest BCUT2D eigenvalue weighted by Gasteiger charge is 2.32. The maximum absolute atomic E-state index is 12.4. The van der Waals surface area contributed by atoms with Crippen molar-refractivity contribution in [2.75, 3.05) is 14.1 Å². The number of fused-ring (bicyclic) bond motifs is 1. The van der Waals surface area contributed by atoms with Crippen molar-refractivity contribution in [3.05, 3.63) is 35.4 Å². The van der Waals surface area contributed by atoms with E-state index in [1.54, 1.807) is 0 Å². The number of amides is 2. The number of aliphatic hydroxyl groups excluding tert-OH is 1. The molecule has 5 heteroatoms. The zero-order valence-corrected chi connectivity index (χ0v) is 14.0. The Morgan fingerprint density at radius 1 is 1.22 bits per heavy atom. The maximum atomic E-state index is 12.4. The summed E-state index contributed by atoms with van der Waals surface area (Å²) in [6.07, 6.45) is 4.42. The molecule has 4 unspecified atom stereocenters. The Morgan fingerprint density at radius 3 is 2.78 bits per heavy atom. The summed E-state index contributed by atoms with van der Waals surface area (Å²) in [4.78, 5) is 14.6. The van der Waals surface area contributed by atoms with Crippen LogP contribution in [0.1, 0.15) is 42.9 Å². The van der Waals surface area contributed by atoms with Crippen molar-refractivity contribution in [1.29, 1.82) is 0 Å². The number of carbonyl (C=O) groups is 1. The smallest absolute Gasteiger partial charge is 0.315 e. The summed E-state index contributed by atoms with van der Waals surface area (Å²) in [7, 11) is 4.19. The summed E-state index contributed by atoms with van der Waals surface area (Å²) in [5, 5.41) is 16.3. The number of benzene rings is 1. The monoisotopic (exact) mass is 317 g/mol. The summed E-state index contributed by atoms with van der Waals surface area (Å²) in [5.41, 5.74) is 2.15. The van der Waals surface area contributed by atoms with Gasteiger partial charge in [-0.25, -0.2) is 4.79 Å². The Hall–Kier alpha value is -1.59.